The van der Waals surface area contributed by atoms with Crippen molar-refractivity contribution < 1.29 is 9.90 Å². The van der Waals surface area contributed by atoms with Crippen molar-refractivity contribution in [3.63, 3.8) is 0 Å². The predicted octanol–water partition coefficient (Wildman–Crippen LogP) is 2.34. The van der Waals surface area contributed by atoms with E-state index in [1.165, 1.54) is 19.3 Å². The Morgan fingerprint density at radius 1 is 1.18 bits per heavy atom. The molecule has 0 radical (unpaired) electrons. The number of likely N-dealkylation sites (tertiary alicyclic amines) is 1. The molecule has 0 aliphatic carbocycles. The largest absolute Gasteiger partial charge is 0.481 e. The quantitative estimate of drug-likeness (QED) is 0.867. The minimum atomic E-state index is -0.721. The summed E-state index contributed by atoms with van der Waals surface area (Å²) in [4.78, 5) is 13.6. The molecular formula is C14H19NO2. The Kier molecular flexibility index (Phi) is 4.15. The number of hydrogen-bond acceptors (Lipinski definition) is 2. The van der Waals surface area contributed by atoms with Crippen molar-refractivity contribution in [2.24, 2.45) is 0 Å². The minimum Gasteiger partial charge on any atom is -0.481 e. The van der Waals surface area contributed by atoms with Crippen molar-refractivity contribution in [2.45, 2.75) is 25.2 Å². The molecule has 1 N–H and O–H groups in total. The normalized spacial score (nSPS) is 18.8. The molecule has 0 saturated carbocycles. The van der Waals surface area contributed by atoms with Crippen LogP contribution in [0.4, 0.5) is 0 Å². The molecule has 1 aromatic carbocycles. The summed E-state index contributed by atoms with van der Waals surface area (Å²) in [5.41, 5.74) is 0.908. The van der Waals surface area contributed by atoms with Crippen molar-refractivity contribution in [3.8, 4) is 0 Å². The summed E-state index contributed by atoms with van der Waals surface area (Å²) in [5, 5.41) is 9.33. The molecule has 3 nitrogen and oxygen atoms in total. The SMILES string of the molecule is O=C(O)[C@@H](CN1CCCCC1)c1ccccc1. The molecule has 0 spiro atoms. The number of carboxylic acid groups (broad SMARTS) is 1. The maximum absolute atomic E-state index is 11.3. The molecule has 17 heavy (non-hydrogen) atoms. The average Bonchev–Trinajstić information content (AvgIpc) is 2.38. The Hall–Kier alpha value is -1.35. The lowest BCUT2D eigenvalue weighted by atomic mass is 9.97. The zero-order valence-corrected chi connectivity index (χ0v) is 10.0. The number of nitrogens with zero attached hydrogens (tertiary/aromatic N) is 1. The van der Waals surface area contributed by atoms with E-state index in [1.54, 1.807) is 0 Å². The molecule has 1 aromatic rings. The summed E-state index contributed by atoms with van der Waals surface area (Å²) in [6.45, 7) is 2.71. The van der Waals surface area contributed by atoms with Crippen molar-refractivity contribution in [3.05, 3.63) is 35.9 Å². The second kappa shape index (κ2) is 5.82. The zero-order chi connectivity index (χ0) is 12.1. The van der Waals surface area contributed by atoms with Gasteiger partial charge in [0, 0.05) is 6.54 Å². The van der Waals surface area contributed by atoms with Crippen molar-refractivity contribution in [1.29, 1.82) is 0 Å². The number of piperidine rings is 1. The molecule has 0 bridgehead atoms. The van der Waals surface area contributed by atoms with Crippen LogP contribution in [-0.2, 0) is 4.79 Å². The maximum atomic E-state index is 11.3. The van der Waals surface area contributed by atoms with E-state index in [4.69, 9.17) is 0 Å². The van der Waals surface area contributed by atoms with Crippen LogP contribution in [0, 0.1) is 0 Å². The molecule has 3 heteroatoms. The lowest BCUT2D eigenvalue weighted by Crippen LogP contribution is -2.35. The highest BCUT2D eigenvalue weighted by Gasteiger charge is 2.23. The molecule has 1 saturated heterocycles. The van der Waals surface area contributed by atoms with E-state index in [1.807, 2.05) is 30.3 Å². The highest BCUT2D eigenvalue weighted by Crippen LogP contribution is 2.19. The minimum absolute atomic E-state index is 0.394. The van der Waals surface area contributed by atoms with Crippen LogP contribution in [0.5, 0.6) is 0 Å². The van der Waals surface area contributed by atoms with E-state index in [9.17, 15) is 9.90 Å². The van der Waals surface area contributed by atoms with Crippen LogP contribution >= 0.6 is 0 Å². The molecule has 1 heterocycles. The number of benzene rings is 1. The first-order chi connectivity index (χ1) is 8.27. The average molecular weight is 233 g/mol. The van der Waals surface area contributed by atoms with E-state index >= 15 is 0 Å². The van der Waals surface area contributed by atoms with Crippen LogP contribution < -0.4 is 0 Å². The van der Waals surface area contributed by atoms with Crippen LogP contribution in [0.15, 0.2) is 30.3 Å². The Bertz CT molecular complexity index is 358. The fourth-order valence-corrected chi connectivity index (χ4v) is 2.41. The molecule has 0 amide bonds. The first kappa shape index (κ1) is 12.1. The molecule has 1 atom stereocenters. The standard InChI is InChI=1S/C14H19NO2/c16-14(17)13(12-7-3-1-4-8-12)11-15-9-5-2-6-10-15/h1,3-4,7-8,13H,2,5-6,9-11H2,(H,16,17)/t13-/m0/s1. The molecule has 1 aliphatic heterocycles. The van der Waals surface area contributed by atoms with Gasteiger partial charge in [-0.2, -0.15) is 0 Å². The Labute approximate surface area is 102 Å². The van der Waals surface area contributed by atoms with Gasteiger partial charge in [0.05, 0.1) is 5.92 Å². The second-order valence-corrected chi connectivity index (χ2v) is 4.66. The van der Waals surface area contributed by atoms with Gasteiger partial charge in [-0.1, -0.05) is 36.8 Å². The lowest BCUT2D eigenvalue weighted by molar-refractivity contribution is -0.139. The fraction of sp³-hybridized carbons (Fsp3) is 0.500. The number of hydrogen-bond donors (Lipinski definition) is 1. The fourth-order valence-electron chi connectivity index (χ4n) is 2.41. The number of carbonyl (C=O) groups is 1. The van der Waals surface area contributed by atoms with Crippen LogP contribution in [0.3, 0.4) is 0 Å². The molecule has 0 unspecified atom stereocenters. The molecule has 1 fully saturated rings. The number of rotatable bonds is 4. The van der Waals surface area contributed by atoms with Gasteiger partial charge in [0.25, 0.3) is 0 Å². The summed E-state index contributed by atoms with van der Waals surface area (Å²) in [5.74, 6) is -1.11. The third-order valence-electron chi connectivity index (χ3n) is 3.39. The summed E-state index contributed by atoms with van der Waals surface area (Å²) in [7, 11) is 0. The van der Waals surface area contributed by atoms with Crippen LogP contribution in [-0.4, -0.2) is 35.6 Å². The van der Waals surface area contributed by atoms with Crippen molar-refractivity contribution in [2.75, 3.05) is 19.6 Å². The number of carboxylic acids is 1. The topological polar surface area (TPSA) is 40.5 Å². The van der Waals surface area contributed by atoms with Gasteiger partial charge in [-0.05, 0) is 31.5 Å². The third kappa shape index (κ3) is 3.30. The molecular weight excluding hydrogens is 214 g/mol. The van der Waals surface area contributed by atoms with Gasteiger partial charge in [-0.15, -0.1) is 0 Å². The summed E-state index contributed by atoms with van der Waals surface area (Å²) < 4.78 is 0. The maximum Gasteiger partial charge on any atom is 0.312 e. The van der Waals surface area contributed by atoms with Gasteiger partial charge in [-0.3, -0.25) is 4.79 Å². The van der Waals surface area contributed by atoms with Crippen molar-refractivity contribution in [1.82, 2.24) is 4.90 Å². The van der Waals surface area contributed by atoms with E-state index in [0.29, 0.717) is 6.54 Å². The summed E-state index contributed by atoms with van der Waals surface area (Å²) >= 11 is 0. The highest BCUT2D eigenvalue weighted by atomic mass is 16.4. The molecule has 0 aromatic heterocycles. The van der Waals surface area contributed by atoms with E-state index in [-0.39, 0.29) is 0 Å². The van der Waals surface area contributed by atoms with Gasteiger partial charge in [-0.25, -0.2) is 0 Å². The predicted molar refractivity (Wildman–Crippen MR) is 67.1 cm³/mol. The number of aliphatic carboxylic acids is 1. The van der Waals surface area contributed by atoms with Crippen LogP contribution in [0.25, 0.3) is 0 Å². The monoisotopic (exact) mass is 233 g/mol. The Morgan fingerprint density at radius 3 is 2.41 bits per heavy atom. The first-order valence-corrected chi connectivity index (χ1v) is 6.27. The Morgan fingerprint density at radius 2 is 1.82 bits per heavy atom. The van der Waals surface area contributed by atoms with Gasteiger partial charge >= 0.3 is 5.97 Å². The summed E-state index contributed by atoms with van der Waals surface area (Å²) in [6, 6.07) is 9.54. The molecule has 1 aliphatic rings. The van der Waals surface area contributed by atoms with Gasteiger partial charge in [0.2, 0.25) is 0 Å². The second-order valence-electron chi connectivity index (χ2n) is 4.66. The van der Waals surface area contributed by atoms with Gasteiger partial charge in [0.15, 0.2) is 0 Å². The van der Waals surface area contributed by atoms with Gasteiger partial charge < -0.3 is 10.0 Å². The third-order valence-corrected chi connectivity index (χ3v) is 3.39. The highest BCUT2D eigenvalue weighted by molar-refractivity contribution is 5.76. The van der Waals surface area contributed by atoms with Crippen LogP contribution in [0.2, 0.25) is 0 Å². The lowest BCUT2D eigenvalue weighted by Gasteiger charge is -2.29. The molecule has 2 rings (SSSR count). The van der Waals surface area contributed by atoms with E-state index in [0.717, 1.165) is 18.7 Å². The first-order valence-electron chi connectivity index (χ1n) is 6.27. The van der Waals surface area contributed by atoms with Gasteiger partial charge in [0.1, 0.15) is 0 Å². The van der Waals surface area contributed by atoms with E-state index < -0.39 is 11.9 Å². The zero-order valence-electron chi connectivity index (χ0n) is 10.0. The van der Waals surface area contributed by atoms with E-state index in [2.05, 4.69) is 4.90 Å². The Balaban J connectivity index is 2.05. The molecule has 92 valence electrons. The van der Waals surface area contributed by atoms with Crippen molar-refractivity contribution >= 4 is 5.97 Å². The smallest absolute Gasteiger partial charge is 0.312 e. The van der Waals surface area contributed by atoms with Crippen LogP contribution in [0.1, 0.15) is 30.7 Å². The summed E-state index contributed by atoms with van der Waals surface area (Å²) in [6.07, 6.45) is 3.67.